The number of carbonyl (C=O) groups excluding carboxylic acids is 2. The van der Waals surface area contributed by atoms with Gasteiger partial charge in [-0.1, -0.05) is 19.1 Å². The predicted molar refractivity (Wildman–Crippen MR) is 43.9 cm³/mol. The van der Waals surface area contributed by atoms with Crippen molar-refractivity contribution < 1.29 is 9.59 Å². The maximum Gasteiger partial charge on any atom is 0.258 e. The lowest BCUT2D eigenvalue weighted by Crippen LogP contribution is -2.34. The molecule has 0 N–H and O–H groups in total. The highest BCUT2D eigenvalue weighted by atomic mass is 32.1. The van der Waals surface area contributed by atoms with Gasteiger partial charge in [0.05, 0.1) is 4.99 Å². The van der Waals surface area contributed by atoms with Gasteiger partial charge in [-0.2, -0.15) is 0 Å². The van der Waals surface area contributed by atoms with Gasteiger partial charge < -0.3 is 0 Å². The van der Waals surface area contributed by atoms with Gasteiger partial charge in [-0.3, -0.25) is 9.59 Å². The maximum atomic E-state index is 10.9. The molecule has 1 aliphatic rings. The highest BCUT2D eigenvalue weighted by molar-refractivity contribution is 7.80. The summed E-state index contributed by atoms with van der Waals surface area (Å²) in [7, 11) is 0. The zero-order valence-corrected chi connectivity index (χ0v) is 6.85. The number of amides is 2. The lowest BCUT2D eigenvalue weighted by Gasteiger charge is -2.12. The summed E-state index contributed by atoms with van der Waals surface area (Å²) in [4.78, 5) is 23.2. The van der Waals surface area contributed by atoms with E-state index in [1.165, 1.54) is 12.2 Å². The Bertz CT molecular complexity index is 239. The van der Waals surface area contributed by atoms with Crippen molar-refractivity contribution in [3.8, 4) is 0 Å². The van der Waals surface area contributed by atoms with E-state index in [2.05, 4.69) is 0 Å². The van der Waals surface area contributed by atoms with Crippen LogP contribution in [0.1, 0.15) is 13.3 Å². The molecule has 3 nitrogen and oxygen atoms in total. The molecule has 1 rings (SSSR count). The van der Waals surface area contributed by atoms with Crippen LogP contribution in [-0.2, 0) is 9.59 Å². The zero-order chi connectivity index (χ0) is 8.43. The van der Waals surface area contributed by atoms with E-state index in [-0.39, 0.29) is 11.8 Å². The van der Waals surface area contributed by atoms with Gasteiger partial charge in [0.15, 0.2) is 0 Å². The van der Waals surface area contributed by atoms with Crippen LogP contribution in [0.25, 0.3) is 0 Å². The van der Waals surface area contributed by atoms with Crippen molar-refractivity contribution in [2.75, 3.05) is 0 Å². The van der Waals surface area contributed by atoms with E-state index < -0.39 is 0 Å². The third-order valence-corrected chi connectivity index (χ3v) is 1.83. The largest absolute Gasteiger partial charge is 0.269 e. The molecule has 2 amide bonds. The quantitative estimate of drug-likeness (QED) is 0.427. The van der Waals surface area contributed by atoms with Crippen molar-refractivity contribution in [2.45, 2.75) is 13.3 Å². The summed E-state index contributed by atoms with van der Waals surface area (Å²) >= 11 is 4.81. The highest BCUT2D eigenvalue weighted by Gasteiger charge is 2.25. The molecule has 0 spiro atoms. The van der Waals surface area contributed by atoms with Crippen LogP contribution in [0.4, 0.5) is 0 Å². The smallest absolute Gasteiger partial charge is 0.258 e. The second kappa shape index (κ2) is 2.92. The first-order chi connectivity index (χ1) is 5.16. The molecule has 0 aromatic heterocycles. The first-order valence-electron chi connectivity index (χ1n) is 3.25. The summed E-state index contributed by atoms with van der Waals surface area (Å²) in [6.45, 7) is 1.81. The summed E-state index contributed by atoms with van der Waals surface area (Å²) in [6.07, 6.45) is 2.99. The molecule has 4 heteroatoms. The van der Waals surface area contributed by atoms with Gasteiger partial charge in [0.1, 0.15) is 0 Å². The van der Waals surface area contributed by atoms with E-state index in [1.54, 1.807) is 6.92 Å². The number of imide groups is 1. The van der Waals surface area contributed by atoms with Gasteiger partial charge in [0.2, 0.25) is 0 Å². The van der Waals surface area contributed by atoms with Crippen molar-refractivity contribution >= 4 is 29.0 Å². The monoisotopic (exact) mass is 169 g/mol. The van der Waals surface area contributed by atoms with E-state index in [0.29, 0.717) is 11.4 Å². The number of hydrogen-bond acceptors (Lipinski definition) is 3. The Labute approximate surface area is 69.7 Å². The Balaban J connectivity index is 2.82. The molecule has 0 saturated heterocycles. The first-order valence-corrected chi connectivity index (χ1v) is 3.66. The molecule has 11 heavy (non-hydrogen) atoms. The molecular weight excluding hydrogens is 162 g/mol. The van der Waals surface area contributed by atoms with Crippen LogP contribution in [-0.4, -0.2) is 21.7 Å². The van der Waals surface area contributed by atoms with Crippen molar-refractivity contribution in [3.05, 3.63) is 12.2 Å². The van der Waals surface area contributed by atoms with Crippen molar-refractivity contribution in [3.63, 3.8) is 0 Å². The third kappa shape index (κ3) is 1.35. The third-order valence-electron chi connectivity index (χ3n) is 1.36. The zero-order valence-electron chi connectivity index (χ0n) is 6.03. The van der Waals surface area contributed by atoms with Gasteiger partial charge in [-0.05, 0) is 6.42 Å². The highest BCUT2D eigenvalue weighted by Crippen LogP contribution is 2.06. The molecule has 0 radical (unpaired) electrons. The van der Waals surface area contributed by atoms with Crippen molar-refractivity contribution in [1.29, 1.82) is 0 Å². The minimum atomic E-state index is -0.332. The Kier molecular flexibility index (Phi) is 2.14. The fraction of sp³-hybridized carbons (Fsp3) is 0.286. The van der Waals surface area contributed by atoms with Crippen LogP contribution in [0.15, 0.2) is 12.2 Å². The number of nitrogens with zero attached hydrogens (tertiary/aromatic N) is 1. The molecule has 0 fully saturated rings. The van der Waals surface area contributed by atoms with Crippen LogP contribution in [0.5, 0.6) is 0 Å². The fourth-order valence-corrected chi connectivity index (χ4v) is 0.984. The molecule has 0 bridgehead atoms. The minimum absolute atomic E-state index is 0.332. The summed E-state index contributed by atoms with van der Waals surface area (Å²) < 4.78 is 0. The van der Waals surface area contributed by atoms with Crippen molar-refractivity contribution in [2.24, 2.45) is 0 Å². The van der Waals surface area contributed by atoms with E-state index in [0.717, 1.165) is 4.90 Å². The summed E-state index contributed by atoms with van der Waals surface area (Å²) in [6, 6.07) is 0. The first kappa shape index (κ1) is 8.07. The Morgan fingerprint density at radius 3 is 2.27 bits per heavy atom. The molecule has 1 heterocycles. The molecule has 1 aliphatic heterocycles. The van der Waals surface area contributed by atoms with Crippen LogP contribution in [0, 0.1) is 0 Å². The molecule has 0 saturated carbocycles. The number of hydrogen-bond donors (Lipinski definition) is 0. The Morgan fingerprint density at radius 1 is 1.45 bits per heavy atom. The fourth-order valence-electron chi connectivity index (χ4n) is 0.804. The molecule has 0 aromatic rings. The predicted octanol–water partition coefficient (Wildman–Crippen LogP) is 0.649. The maximum absolute atomic E-state index is 10.9. The number of thiocarbonyl (C=S) groups is 1. The van der Waals surface area contributed by atoms with E-state index >= 15 is 0 Å². The SMILES string of the molecule is CCC(=S)N1C(=O)C=CC1=O. The Hall–Kier alpha value is -1.03. The molecule has 0 atom stereocenters. The van der Waals surface area contributed by atoms with Gasteiger partial charge in [0, 0.05) is 12.2 Å². The van der Waals surface area contributed by atoms with Gasteiger partial charge in [-0.15, -0.1) is 0 Å². The number of rotatable bonds is 1. The van der Waals surface area contributed by atoms with Gasteiger partial charge >= 0.3 is 0 Å². The molecule has 0 aliphatic carbocycles. The Morgan fingerprint density at radius 2 is 1.91 bits per heavy atom. The van der Waals surface area contributed by atoms with Crippen LogP contribution in [0.3, 0.4) is 0 Å². The normalized spacial score (nSPS) is 16.3. The van der Waals surface area contributed by atoms with Crippen molar-refractivity contribution in [1.82, 2.24) is 4.90 Å². The summed E-state index contributed by atoms with van der Waals surface area (Å²) in [5, 5.41) is 0. The average Bonchev–Trinajstić information content (AvgIpc) is 2.30. The lowest BCUT2D eigenvalue weighted by molar-refractivity contribution is -0.131. The second-order valence-electron chi connectivity index (χ2n) is 2.09. The van der Waals surface area contributed by atoms with Gasteiger partial charge in [0.25, 0.3) is 11.8 Å². The van der Waals surface area contributed by atoms with E-state index in [4.69, 9.17) is 12.2 Å². The second-order valence-corrected chi connectivity index (χ2v) is 2.56. The molecule has 58 valence electrons. The topological polar surface area (TPSA) is 37.4 Å². The standard InChI is InChI=1S/C7H7NO2S/c1-2-7(11)8-5(9)3-4-6(8)10/h3-4H,2H2,1H3. The molecular formula is C7H7NO2S. The van der Waals surface area contributed by atoms with Crippen LogP contribution in [0.2, 0.25) is 0 Å². The van der Waals surface area contributed by atoms with Crippen LogP contribution < -0.4 is 0 Å². The number of carbonyl (C=O) groups is 2. The molecule has 0 unspecified atom stereocenters. The van der Waals surface area contributed by atoms with E-state index in [9.17, 15) is 9.59 Å². The summed E-state index contributed by atoms with van der Waals surface area (Å²) in [5.74, 6) is -0.663. The van der Waals surface area contributed by atoms with Crippen LogP contribution >= 0.6 is 12.2 Å². The average molecular weight is 169 g/mol. The lowest BCUT2D eigenvalue weighted by atomic mass is 10.4. The van der Waals surface area contributed by atoms with Gasteiger partial charge in [-0.25, -0.2) is 4.90 Å². The minimum Gasteiger partial charge on any atom is -0.269 e. The van der Waals surface area contributed by atoms with E-state index in [1.807, 2.05) is 0 Å². The molecule has 0 aromatic carbocycles. The summed E-state index contributed by atoms with van der Waals surface area (Å²) in [5.41, 5.74) is 0.